The van der Waals surface area contributed by atoms with Crippen molar-refractivity contribution >= 4 is 33.3 Å². The van der Waals surface area contributed by atoms with Gasteiger partial charge in [0.05, 0.1) is 16.8 Å². The topological polar surface area (TPSA) is 67.8 Å². The second kappa shape index (κ2) is 8.92. The van der Waals surface area contributed by atoms with Crippen molar-refractivity contribution < 1.29 is 4.79 Å². The van der Waals surface area contributed by atoms with Crippen molar-refractivity contribution in [3.8, 4) is 11.3 Å². The Morgan fingerprint density at radius 2 is 1.79 bits per heavy atom. The van der Waals surface area contributed by atoms with Crippen LogP contribution in [-0.2, 0) is 6.42 Å². The fourth-order valence-corrected chi connectivity index (χ4v) is 3.99. The molecule has 0 aliphatic carbocycles. The lowest BCUT2D eigenvalue weighted by Crippen LogP contribution is -2.13. The van der Waals surface area contributed by atoms with E-state index >= 15 is 0 Å². The van der Waals surface area contributed by atoms with Gasteiger partial charge in [-0.1, -0.05) is 79.6 Å². The Kier molecular flexibility index (Phi) is 5.91. The number of hydrogen-bond acceptors (Lipinski definition) is 5. The zero-order valence-corrected chi connectivity index (χ0v) is 17.1. The molecule has 2 aromatic heterocycles. The molecule has 0 bridgehead atoms. The van der Waals surface area contributed by atoms with Crippen molar-refractivity contribution in [2.45, 2.75) is 32.6 Å². The summed E-state index contributed by atoms with van der Waals surface area (Å²) in [6.45, 7) is 2.18. The van der Waals surface area contributed by atoms with E-state index in [9.17, 15) is 4.79 Å². The van der Waals surface area contributed by atoms with Gasteiger partial charge in [-0.05, 0) is 18.6 Å². The van der Waals surface area contributed by atoms with Crippen LogP contribution >= 0.6 is 11.3 Å². The third-order valence-electron chi connectivity index (χ3n) is 4.71. The number of aromatic nitrogens is 3. The number of carbonyl (C=O) groups is 1. The number of carbonyl (C=O) groups excluding carboxylic acids is 1. The standard InChI is InChI=1S/C23H22N4OS/c1-2-3-5-14-21-26-27-23(29-21)25-22(28)18-15-20(16-10-6-4-7-11-16)24-19-13-9-8-12-17(18)19/h4,6-13,15H,2-3,5,14H2,1H3,(H,25,27,28). The van der Waals surface area contributed by atoms with E-state index in [2.05, 4.69) is 22.4 Å². The highest BCUT2D eigenvalue weighted by Gasteiger charge is 2.16. The molecule has 5 nitrogen and oxygen atoms in total. The van der Waals surface area contributed by atoms with E-state index in [1.165, 1.54) is 24.2 Å². The fraction of sp³-hybridized carbons (Fsp3) is 0.217. The first kappa shape index (κ1) is 19.2. The molecule has 2 aromatic carbocycles. The zero-order valence-electron chi connectivity index (χ0n) is 16.3. The molecule has 1 N–H and O–H groups in total. The molecule has 4 rings (SSSR count). The third-order valence-corrected chi connectivity index (χ3v) is 5.61. The highest BCUT2D eigenvalue weighted by molar-refractivity contribution is 7.15. The molecule has 29 heavy (non-hydrogen) atoms. The van der Waals surface area contributed by atoms with Crippen LogP contribution in [0.25, 0.3) is 22.2 Å². The summed E-state index contributed by atoms with van der Waals surface area (Å²) in [7, 11) is 0. The summed E-state index contributed by atoms with van der Waals surface area (Å²) in [6.07, 6.45) is 4.33. The van der Waals surface area contributed by atoms with Crippen molar-refractivity contribution in [2.24, 2.45) is 0 Å². The van der Waals surface area contributed by atoms with Gasteiger partial charge >= 0.3 is 0 Å². The van der Waals surface area contributed by atoms with Gasteiger partial charge in [0.15, 0.2) is 0 Å². The highest BCUT2D eigenvalue weighted by Crippen LogP contribution is 2.26. The molecule has 0 unspecified atom stereocenters. The minimum atomic E-state index is -0.197. The first-order valence-electron chi connectivity index (χ1n) is 9.83. The number of unbranched alkanes of at least 4 members (excludes halogenated alkanes) is 2. The molecule has 2 heterocycles. The van der Waals surface area contributed by atoms with E-state index in [0.29, 0.717) is 10.7 Å². The molecule has 0 aliphatic rings. The number of benzene rings is 2. The summed E-state index contributed by atoms with van der Waals surface area (Å²) >= 11 is 1.44. The Hall–Kier alpha value is -3.12. The van der Waals surface area contributed by atoms with Gasteiger partial charge in [0.25, 0.3) is 5.91 Å². The van der Waals surface area contributed by atoms with Crippen LogP contribution in [0.5, 0.6) is 0 Å². The average molecular weight is 403 g/mol. The largest absolute Gasteiger partial charge is 0.296 e. The summed E-state index contributed by atoms with van der Waals surface area (Å²) < 4.78 is 0. The van der Waals surface area contributed by atoms with E-state index in [-0.39, 0.29) is 5.91 Å². The summed E-state index contributed by atoms with van der Waals surface area (Å²) in [4.78, 5) is 17.8. The van der Waals surface area contributed by atoms with E-state index in [0.717, 1.165) is 40.0 Å². The van der Waals surface area contributed by atoms with Gasteiger partial charge < -0.3 is 0 Å². The Bertz CT molecular complexity index is 1120. The number of amides is 1. The number of para-hydroxylation sites is 1. The number of rotatable bonds is 7. The maximum Gasteiger partial charge on any atom is 0.258 e. The molecule has 0 fully saturated rings. The monoisotopic (exact) mass is 402 g/mol. The van der Waals surface area contributed by atoms with Crippen LogP contribution in [0.1, 0.15) is 41.6 Å². The fourth-order valence-electron chi connectivity index (χ4n) is 3.22. The Morgan fingerprint density at radius 3 is 2.62 bits per heavy atom. The number of pyridine rings is 1. The van der Waals surface area contributed by atoms with Gasteiger partial charge in [0, 0.05) is 17.4 Å². The number of hydrogen-bond donors (Lipinski definition) is 1. The van der Waals surface area contributed by atoms with Gasteiger partial charge in [0.2, 0.25) is 5.13 Å². The molecular formula is C23H22N4OS. The van der Waals surface area contributed by atoms with Gasteiger partial charge in [0.1, 0.15) is 5.01 Å². The van der Waals surface area contributed by atoms with Crippen molar-refractivity contribution in [1.29, 1.82) is 0 Å². The van der Waals surface area contributed by atoms with Crippen LogP contribution in [0.2, 0.25) is 0 Å². The molecule has 4 aromatic rings. The van der Waals surface area contributed by atoms with Gasteiger partial charge in [-0.25, -0.2) is 4.98 Å². The predicted octanol–water partition coefficient (Wildman–Crippen LogP) is 5.74. The van der Waals surface area contributed by atoms with Gasteiger partial charge in [-0.3, -0.25) is 10.1 Å². The smallest absolute Gasteiger partial charge is 0.258 e. The molecule has 0 spiro atoms. The molecule has 0 radical (unpaired) electrons. The first-order valence-corrected chi connectivity index (χ1v) is 10.6. The lowest BCUT2D eigenvalue weighted by molar-refractivity contribution is 0.102. The van der Waals surface area contributed by atoms with E-state index in [1.54, 1.807) is 0 Å². The second-order valence-electron chi connectivity index (χ2n) is 6.85. The normalized spacial score (nSPS) is 10.9. The molecule has 146 valence electrons. The van der Waals surface area contributed by atoms with Crippen LogP contribution in [0.4, 0.5) is 5.13 Å². The highest BCUT2D eigenvalue weighted by atomic mass is 32.1. The SMILES string of the molecule is CCCCCc1nnc(NC(=O)c2cc(-c3ccccc3)nc3ccccc23)s1. The van der Waals surface area contributed by atoms with E-state index in [4.69, 9.17) is 4.98 Å². The van der Waals surface area contributed by atoms with Crippen LogP contribution < -0.4 is 5.32 Å². The van der Waals surface area contributed by atoms with E-state index < -0.39 is 0 Å². The number of nitrogens with zero attached hydrogens (tertiary/aromatic N) is 3. The van der Waals surface area contributed by atoms with E-state index in [1.807, 2.05) is 60.7 Å². The number of nitrogens with one attached hydrogen (secondary N) is 1. The van der Waals surface area contributed by atoms with Crippen molar-refractivity contribution in [3.05, 3.63) is 71.2 Å². The minimum absolute atomic E-state index is 0.197. The Labute approximate surface area is 173 Å². The maximum absolute atomic E-state index is 13.1. The quantitative estimate of drug-likeness (QED) is 0.400. The van der Waals surface area contributed by atoms with Crippen LogP contribution in [0, 0.1) is 0 Å². The van der Waals surface area contributed by atoms with Crippen LogP contribution in [-0.4, -0.2) is 21.1 Å². The van der Waals surface area contributed by atoms with Crippen LogP contribution in [0.3, 0.4) is 0 Å². The number of fused-ring (bicyclic) bond motifs is 1. The molecule has 0 aliphatic heterocycles. The molecule has 0 atom stereocenters. The second-order valence-corrected chi connectivity index (χ2v) is 7.91. The van der Waals surface area contributed by atoms with Gasteiger partial charge in [-0.15, -0.1) is 10.2 Å². The molecule has 1 amide bonds. The zero-order chi connectivity index (χ0) is 20.1. The van der Waals surface area contributed by atoms with Crippen LogP contribution in [0.15, 0.2) is 60.7 Å². The number of anilines is 1. The number of aryl methyl sites for hydroxylation is 1. The average Bonchev–Trinajstić information content (AvgIpc) is 3.21. The van der Waals surface area contributed by atoms with Gasteiger partial charge in [-0.2, -0.15) is 0 Å². The molecule has 0 saturated heterocycles. The molecule has 0 saturated carbocycles. The van der Waals surface area contributed by atoms with Crippen molar-refractivity contribution in [2.75, 3.05) is 5.32 Å². The minimum Gasteiger partial charge on any atom is -0.296 e. The molecular weight excluding hydrogens is 380 g/mol. The first-order chi connectivity index (χ1) is 14.2. The third kappa shape index (κ3) is 4.49. The summed E-state index contributed by atoms with van der Waals surface area (Å²) in [5.74, 6) is -0.197. The lowest BCUT2D eigenvalue weighted by atomic mass is 10.0. The summed E-state index contributed by atoms with van der Waals surface area (Å²) in [6, 6.07) is 19.4. The van der Waals surface area contributed by atoms with Crippen molar-refractivity contribution in [1.82, 2.24) is 15.2 Å². The lowest BCUT2D eigenvalue weighted by Gasteiger charge is -2.09. The summed E-state index contributed by atoms with van der Waals surface area (Å²) in [5, 5.41) is 13.6. The van der Waals surface area contributed by atoms with Crippen molar-refractivity contribution in [3.63, 3.8) is 0 Å². The predicted molar refractivity (Wildman–Crippen MR) is 118 cm³/mol. The maximum atomic E-state index is 13.1. The Morgan fingerprint density at radius 1 is 1.00 bits per heavy atom. The Balaban J connectivity index is 1.63. The molecule has 6 heteroatoms. The summed E-state index contributed by atoms with van der Waals surface area (Å²) in [5.41, 5.74) is 3.11.